The van der Waals surface area contributed by atoms with E-state index in [-0.39, 0.29) is 6.54 Å². The molecule has 0 radical (unpaired) electrons. The molecule has 2 aromatic rings. The molecule has 0 atom stereocenters. The summed E-state index contributed by atoms with van der Waals surface area (Å²) in [6, 6.07) is 3.37. The second-order valence-corrected chi connectivity index (χ2v) is 7.30. The van der Waals surface area contributed by atoms with Crippen LogP contribution in [0.1, 0.15) is 20.9 Å². The van der Waals surface area contributed by atoms with Crippen molar-refractivity contribution in [1.29, 1.82) is 0 Å². The van der Waals surface area contributed by atoms with Gasteiger partial charge in [-0.3, -0.25) is 24.6 Å². The van der Waals surface area contributed by atoms with Crippen molar-refractivity contribution in [3.8, 4) is 0 Å². The zero-order valence-electron chi connectivity index (χ0n) is 13.3. The monoisotopic (exact) mass is 424 g/mol. The standard InChI is InChI=1S/C15H13BrN4O4S/c1-7-3-8(16)4-9-12(7)20(14(23)13(9)22)5-10(21)17-15-19-18-11(25-15)6-24-2/h3-4H,5-6H2,1-2H3,(H,17,19,21). The van der Waals surface area contributed by atoms with E-state index in [1.165, 1.54) is 23.3 Å². The van der Waals surface area contributed by atoms with Crippen molar-refractivity contribution in [2.24, 2.45) is 0 Å². The normalized spacial score (nSPS) is 13.3. The first-order valence-electron chi connectivity index (χ1n) is 7.18. The van der Waals surface area contributed by atoms with Crippen LogP contribution in [0, 0.1) is 6.92 Å². The van der Waals surface area contributed by atoms with Crippen LogP contribution < -0.4 is 10.2 Å². The predicted molar refractivity (Wildman–Crippen MR) is 94.8 cm³/mol. The molecule has 1 aliphatic heterocycles. The SMILES string of the molecule is COCc1nnc(NC(=O)CN2C(=O)C(=O)c3cc(Br)cc(C)c32)s1. The van der Waals surface area contributed by atoms with E-state index in [1.807, 2.05) is 0 Å². The molecule has 0 bridgehead atoms. The molecular formula is C15H13BrN4O4S. The minimum Gasteiger partial charge on any atom is -0.377 e. The molecule has 2 amide bonds. The Kier molecular flexibility index (Phi) is 4.93. The number of ether oxygens (including phenoxy) is 1. The summed E-state index contributed by atoms with van der Waals surface area (Å²) in [7, 11) is 1.54. The van der Waals surface area contributed by atoms with E-state index >= 15 is 0 Å². The summed E-state index contributed by atoms with van der Waals surface area (Å²) in [5, 5.41) is 11.2. The van der Waals surface area contributed by atoms with Gasteiger partial charge < -0.3 is 4.74 Å². The maximum absolute atomic E-state index is 12.3. The summed E-state index contributed by atoms with van der Waals surface area (Å²) in [4.78, 5) is 37.8. The van der Waals surface area contributed by atoms with Gasteiger partial charge >= 0.3 is 0 Å². The van der Waals surface area contributed by atoms with Crippen LogP contribution in [0.2, 0.25) is 0 Å². The van der Waals surface area contributed by atoms with Gasteiger partial charge in [-0.15, -0.1) is 10.2 Å². The van der Waals surface area contributed by atoms with Gasteiger partial charge in [0.1, 0.15) is 18.2 Å². The molecule has 0 fully saturated rings. The number of halogens is 1. The molecule has 0 saturated carbocycles. The lowest BCUT2D eigenvalue weighted by molar-refractivity contribution is -0.118. The van der Waals surface area contributed by atoms with Crippen LogP contribution >= 0.6 is 27.3 Å². The molecule has 0 spiro atoms. The second-order valence-electron chi connectivity index (χ2n) is 5.32. The molecule has 0 unspecified atom stereocenters. The van der Waals surface area contributed by atoms with Crippen LogP contribution in [-0.2, 0) is 20.9 Å². The number of carbonyl (C=O) groups excluding carboxylic acids is 3. The molecule has 130 valence electrons. The van der Waals surface area contributed by atoms with Crippen molar-refractivity contribution < 1.29 is 19.1 Å². The highest BCUT2D eigenvalue weighted by Crippen LogP contribution is 2.34. The molecule has 10 heteroatoms. The van der Waals surface area contributed by atoms with Crippen LogP contribution in [0.25, 0.3) is 0 Å². The van der Waals surface area contributed by atoms with Crippen molar-refractivity contribution in [3.63, 3.8) is 0 Å². The third kappa shape index (κ3) is 3.46. The molecular weight excluding hydrogens is 412 g/mol. The van der Waals surface area contributed by atoms with Gasteiger partial charge in [0.2, 0.25) is 11.0 Å². The number of aryl methyl sites for hydroxylation is 1. The van der Waals surface area contributed by atoms with Crippen LogP contribution in [0.4, 0.5) is 10.8 Å². The lowest BCUT2D eigenvalue weighted by Crippen LogP contribution is -2.37. The van der Waals surface area contributed by atoms with E-state index in [9.17, 15) is 14.4 Å². The Balaban J connectivity index is 1.78. The predicted octanol–water partition coefficient (Wildman–Crippen LogP) is 1.92. The van der Waals surface area contributed by atoms with Crippen molar-refractivity contribution in [1.82, 2.24) is 10.2 Å². The fourth-order valence-corrected chi connectivity index (χ4v) is 3.85. The first kappa shape index (κ1) is 17.6. The zero-order valence-corrected chi connectivity index (χ0v) is 15.7. The highest BCUT2D eigenvalue weighted by Gasteiger charge is 2.38. The number of nitrogens with zero attached hydrogens (tertiary/aromatic N) is 3. The van der Waals surface area contributed by atoms with Gasteiger partial charge in [-0.2, -0.15) is 0 Å². The Morgan fingerprint density at radius 2 is 2.12 bits per heavy atom. The summed E-state index contributed by atoms with van der Waals surface area (Å²) >= 11 is 4.49. The van der Waals surface area contributed by atoms with Gasteiger partial charge in [-0.1, -0.05) is 27.3 Å². The zero-order chi connectivity index (χ0) is 18.1. The number of Topliss-reactive ketones (excluding diaryl/α,β-unsaturated/α-hetero) is 1. The molecule has 0 saturated heterocycles. The van der Waals surface area contributed by atoms with Crippen molar-refractivity contribution >= 4 is 55.7 Å². The number of benzene rings is 1. The van der Waals surface area contributed by atoms with Gasteiger partial charge in [0, 0.05) is 11.6 Å². The molecule has 2 heterocycles. The molecule has 1 N–H and O–H groups in total. The van der Waals surface area contributed by atoms with Crippen LogP contribution in [0.5, 0.6) is 0 Å². The number of hydrogen-bond donors (Lipinski definition) is 1. The number of aromatic nitrogens is 2. The Bertz CT molecular complexity index is 882. The van der Waals surface area contributed by atoms with E-state index in [2.05, 4.69) is 31.4 Å². The number of hydrogen-bond acceptors (Lipinski definition) is 7. The fourth-order valence-electron chi connectivity index (χ4n) is 2.55. The number of fused-ring (bicyclic) bond motifs is 1. The maximum Gasteiger partial charge on any atom is 0.299 e. The Hall–Kier alpha value is -2.17. The number of nitrogens with one attached hydrogen (secondary N) is 1. The lowest BCUT2D eigenvalue weighted by Gasteiger charge is -2.17. The largest absolute Gasteiger partial charge is 0.377 e. The molecule has 1 aromatic carbocycles. The van der Waals surface area contributed by atoms with Gasteiger partial charge in [-0.05, 0) is 24.6 Å². The first-order chi connectivity index (χ1) is 11.9. The number of ketones is 1. The number of anilines is 2. The minimum absolute atomic E-state index is 0.279. The van der Waals surface area contributed by atoms with Crippen molar-refractivity contribution in [2.75, 3.05) is 23.9 Å². The molecule has 1 aliphatic rings. The smallest absolute Gasteiger partial charge is 0.299 e. The fraction of sp³-hybridized carbons (Fsp3) is 0.267. The molecule has 8 nitrogen and oxygen atoms in total. The number of amides is 2. The summed E-state index contributed by atoms with van der Waals surface area (Å²) in [6.07, 6.45) is 0. The summed E-state index contributed by atoms with van der Waals surface area (Å²) in [6.45, 7) is 1.80. The summed E-state index contributed by atoms with van der Waals surface area (Å²) in [5.41, 5.74) is 1.49. The molecule has 3 rings (SSSR count). The quantitative estimate of drug-likeness (QED) is 0.735. The maximum atomic E-state index is 12.3. The second kappa shape index (κ2) is 6.98. The summed E-state index contributed by atoms with van der Waals surface area (Å²) in [5.74, 6) is -1.80. The van der Waals surface area contributed by atoms with Crippen LogP contribution in [0.15, 0.2) is 16.6 Å². The van der Waals surface area contributed by atoms with Crippen molar-refractivity contribution in [2.45, 2.75) is 13.5 Å². The van der Waals surface area contributed by atoms with Crippen LogP contribution in [0.3, 0.4) is 0 Å². The lowest BCUT2D eigenvalue weighted by atomic mass is 10.1. The molecule has 0 aliphatic carbocycles. The van der Waals surface area contributed by atoms with E-state index in [0.717, 1.165) is 5.56 Å². The Labute approximate surface area is 155 Å². The average molecular weight is 425 g/mol. The average Bonchev–Trinajstić information content (AvgIpc) is 3.06. The third-order valence-corrected chi connectivity index (χ3v) is 4.77. The van der Waals surface area contributed by atoms with Gasteiger partial charge in [0.15, 0.2) is 0 Å². The highest BCUT2D eigenvalue weighted by molar-refractivity contribution is 9.10. The third-order valence-electron chi connectivity index (χ3n) is 3.50. The molecule has 25 heavy (non-hydrogen) atoms. The topological polar surface area (TPSA) is 101 Å². The Morgan fingerprint density at radius 1 is 1.36 bits per heavy atom. The van der Waals surface area contributed by atoms with E-state index in [0.29, 0.717) is 32.5 Å². The van der Waals surface area contributed by atoms with Crippen molar-refractivity contribution in [3.05, 3.63) is 32.7 Å². The van der Waals surface area contributed by atoms with Gasteiger partial charge in [0.25, 0.3) is 11.7 Å². The van der Waals surface area contributed by atoms with E-state index in [4.69, 9.17) is 4.74 Å². The highest BCUT2D eigenvalue weighted by atomic mass is 79.9. The van der Waals surface area contributed by atoms with Crippen LogP contribution in [-0.4, -0.2) is 41.4 Å². The number of rotatable bonds is 5. The van der Waals surface area contributed by atoms with E-state index < -0.39 is 17.6 Å². The minimum atomic E-state index is -0.719. The Morgan fingerprint density at radius 3 is 2.84 bits per heavy atom. The number of methoxy groups -OCH3 is 1. The van der Waals surface area contributed by atoms with Gasteiger partial charge in [-0.25, -0.2) is 0 Å². The van der Waals surface area contributed by atoms with Gasteiger partial charge in [0.05, 0.1) is 11.3 Å². The molecule has 1 aromatic heterocycles. The summed E-state index contributed by atoms with van der Waals surface area (Å²) < 4.78 is 5.65. The van der Waals surface area contributed by atoms with E-state index in [1.54, 1.807) is 19.1 Å². The number of carbonyl (C=O) groups is 3. The first-order valence-corrected chi connectivity index (χ1v) is 8.79.